The van der Waals surface area contributed by atoms with E-state index in [2.05, 4.69) is 0 Å². The van der Waals surface area contributed by atoms with Crippen molar-refractivity contribution in [3.63, 3.8) is 0 Å². The number of rotatable bonds is 2. The maximum Gasteiger partial charge on any atom is 0.311 e. The molecule has 1 N–H and O–H groups in total. The van der Waals surface area contributed by atoms with Gasteiger partial charge in [0.15, 0.2) is 0 Å². The van der Waals surface area contributed by atoms with Gasteiger partial charge in [0.1, 0.15) is 6.10 Å². The first-order valence-electron chi connectivity index (χ1n) is 4.66. The first kappa shape index (κ1) is 8.05. The van der Waals surface area contributed by atoms with Gasteiger partial charge in [0.25, 0.3) is 0 Å². The quantitative estimate of drug-likeness (QED) is 0.625. The molecule has 0 amide bonds. The van der Waals surface area contributed by atoms with Crippen molar-refractivity contribution >= 4 is 5.97 Å². The number of carbonyl (C=O) groups is 1. The molecule has 1 unspecified atom stereocenters. The second kappa shape index (κ2) is 3.05. The average Bonchev–Trinajstić information content (AvgIpc) is 2.58. The minimum Gasteiger partial charge on any atom is -0.462 e. The smallest absolute Gasteiger partial charge is 0.311 e. The van der Waals surface area contributed by atoms with Crippen LogP contribution in [0.1, 0.15) is 32.1 Å². The van der Waals surface area contributed by atoms with Crippen molar-refractivity contribution in [2.75, 3.05) is 0 Å². The van der Waals surface area contributed by atoms with Gasteiger partial charge in [0.2, 0.25) is 0 Å². The van der Waals surface area contributed by atoms with Crippen molar-refractivity contribution in [2.24, 2.45) is 5.92 Å². The molecule has 0 radical (unpaired) electrons. The summed E-state index contributed by atoms with van der Waals surface area (Å²) in [7, 11) is 0. The number of ether oxygens (including phenoxy) is 1. The molecule has 3 heteroatoms. The molecule has 0 aromatic carbocycles. The van der Waals surface area contributed by atoms with Crippen LogP contribution in [0.4, 0.5) is 0 Å². The number of hydrogen-bond acceptors (Lipinski definition) is 3. The third-order valence-corrected chi connectivity index (χ3v) is 2.64. The summed E-state index contributed by atoms with van der Waals surface area (Å²) in [6.07, 6.45) is 4.69. The lowest BCUT2D eigenvalue weighted by molar-refractivity contribution is -0.151. The highest BCUT2D eigenvalue weighted by molar-refractivity contribution is 5.76. The van der Waals surface area contributed by atoms with Crippen molar-refractivity contribution in [3.8, 4) is 0 Å². The van der Waals surface area contributed by atoms with Gasteiger partial charge in [-0.2, -0.15) is 0 Å². The highest BCUT2D eigenvalue weighted by Crippen LogP contribution is 2.33. The number of carbonyl (C=O) groups excluding carboxylic acids is 1. The zero-order valence-corrected chi connectivity index (χ0v) is 7.03. The number of esters is 1. The molecule has 2 aliphatic carbocycles. The molecular formula is C9H14O3. The fraction of sp³-hybridized carbons (Fsp3) is 0.889. The van der Waals surface area contributed by atoms with Gasteiger partial charge in [0.05, 0.1) is 12.0 Å². The fourth-order valence-corrected chi connectivity index (χ4v) is 1.69. The van der Waals surface area contributed by atoms with E-state index in [1.165, 1.54) is 12.8 Å². The van der Waals surface area contributed by atoms with Crippen LogP contribution in [0.3, 0.4) is 0 Å². The predicted octanol–water partition coefficient (Wildman–Crippen LogP) is 0.853. The molecule has 0 bridgehead atoms. The van der Waals surface area contributed by atoms with Crippen LogP contribution in [-0.2, 0) is 9.53 Å². The SMILES string of the molecule is O=C(OC1CCCC1)[C@@H]1CC1O. The van der Waals surface area contributed by atoms with Crippen LogP contribution >= 0.6 is 0 Å². The van der Waals surface area contributed by atoms with Gasteiger partial charge in [-0.05, 0) is 32.1 Å². The van der Waals surface area contributed by atoms with E-state index in [1.54, 1.807) is 0 Å². The van der Waals surface area contributed by atoms with E-state index in [1.807, 2.05) is 0 Å². The van der Waals surface area contributed by atoms with Gasteiger partial charge < -0.3 is 9.84 Å². The van der Waals surface area contributed by atoms with E-state index in [0.717, 1.165) is 12.8 Å². The lowest BCUT2D eigenvalue weighted by Crippen LogP contribution is -2.17. The lowest BCUT2D eigenvalue weighted by Gasteiger charge is -2.10. The molecule has 12 heavy (non-hydrogen) atoms. The largest absolute Gasteiger partial charge is 0.462 e. The van der Waals surface area contributed by atoms with Crippen molar-refractivity contribution in [1.29, 1.82) is 0 Å². The molecule has 0 heterocycles. The number of aliphatic hydroxyl groups excluding tert-OH is 1. The fourth-order valence-electron chi connectivity index (χ4n) is 1.69. The molecule has 2 rings (SSSR count). The van der Waals surface area contributed by atoms with Crippen LogP contribution in [0.2, 0.25) is 0 Å². The molecule has 2 fully saturated rings. The second-order valence-corrected chi connectivity index (χ2v) is 3.75. The van der Waals surface area contributed by atoms with E-state index < -0.39 is 6.10 Å². The Morgan fingerprint density at radius 2 is 1.92 bits per heavy atom. The summed E-state index contributed by atoms with van der Waals surface area (Å²) in [6.45, 7) is 0. The molecule has 0 aliphatic heterocycles. The summed E-state index contributed by atoms with van der Waals surface area (Å²) >= 11 is 0. The van der Waals surface area contributed by atoms with Gasteiger partial charge in [0, 0.05) is 0 Å². The van der Waals surface area contributed by atoms with Gasteiger partial charge in [-0.1, -0.05) is 0 Å². The summed E-state index contributed by atoms with van der Waals surface area (Å²) in [4.78, 5) is 11.2. The molecule has 0 aromatic rings. The molecule has 0 spiro atoms. The number of aliphatic hydroxyl groups is 1. The maximum atomic E-state index is 11.2. The van der Waals surface area contributed by atoms with Gasteiger partial charge in [-0.25, -0.2) is 0 Å². The van der Waals surface area contributed by atoms with E-state index in [9.17, 15) is 4.79 Å². The monoisotopic (exact) mass is 170 g/mol. The lowest BCUT2D eigenvalue weighted by atomic mass is 10.3. The average molecular weight is 170 g/mol. The molecule has 68 valence electrons. The topological polar surface area (TPSA) is 46.5 Å². The Hall–Kier alpha value is -0.570. The van der Waals surface area contributed by atoms with E-state index in [-0.39, 0.29) is 18.0 Å². The molecule has 3 nitrogen and oxygen atoms in total. The van der Waals surface area contributed by atoms with Crippen molar-refractivity contribution in [1.82, 2.24) is 0 Å². The molecule has 0 aromatic heterocycles. The molecule has 2 saturated carbocycles. The summed E-state index contributed by atoms with van der Waals surface area (Å²) in [5, 5.41) is 8.97. The van der Waals surface area contributed by atoms with Crippen LogP contribution < -0.4 is 0 Å². The highest BCUT2D eigenvalue weighted by Gasteiger charge is 2.43. The summed E-state index contributed by atoms with van der Waals surface area (Å²) < 4.78 is 5.21. The second-order valence-electron chi connectivity index (χ2n) is 3.75. The Bertz CT molecular complexity index is 184. The van der Waals surface area contributed by atoms with Crippen LogP contribution in [0.25, 0.3) is 0 Å². The first-order chi connectivity index (χ1) is 5.77. The third-order valence-electron chi connectivity index (χ3n) is 2.64. The highest BCUT2D eigenvalue weighted by atomic mass is 16.5. The summed E-state index contributed by atoms with van der Waals surface area (Å²) in [5.74, 6) is -0.389. The van der Waals surface area contributed by atoms with Gasteiger partial charge >= 0.3 is 5.97 Å². The Morgan fingerprint density at radius 3 is 2.42 bits per heavy atom. The first-order valence-corrected chi connectivity index (χ1v) is 4.66. The minimum atomic E-state index is -0.418. The van der Waals surface area contributed by atoms with Crippen LogP contribution in [-0.4, -0.2) is 23.3 Å². The third kappa shape index (κ3) is 1.61. The standard InChI is InChI=1S/C9H14O3/c10-8-5-7(8)9(11)12-6-3-1-2-4-6/h6-8,10H,1-5H2/t7-,8?/m1/s1. The van der Waals surface area contributed by atoms with Crippen molar-refractivity contribution in [2.45, 2.75) is 44.3 Å². The zero-order chi connectivity index (χ0) is 8.55. The van der Waals surface area contributed by atoms with Gasteiger partial charge in [-0.15, -0.1) is 0 Å². The normalized spacial score (nSPS) is 35.1. The molecule has 2 atom stereocenters. The Morgan fingerprint density at radius 1 is 1.33 bits per heavy atom. The Kier molecular flexibility index (Phi) is 2.05. The van der Waals surface area contributed by atoms with Gasteiger partial charge in [-0.3, -0.25) is 4.79 Å². The zero-order valence-electron chi connectivity index (χ0n) is 7.03. The molecular weight excluding hydrogens is 156 g/mol. The molecule has 2 aliphatic rings. The van der Waals surface area contributed by atoms with Crippen LogP contribution in [0.5, 0.6) is 0 Å². The Balaban J connectivity index is 1.75. The van der Waals surface area contributed by atoms with E-state index in [0.29, 0.717) is 6.42 Å². The predicted molar refractivity (Wildman–Crippen MR) is 42.5 cm³/mol. The number of hydrogen-bond donors (Lipinski definition) is 1. The van der Waals surface area contributed by atoms with Crippen LogP contribution in [0, 0.1) is 5.92 Å². The van der Waals surface area contributed by atoms with E-state index in [4.69, 9.17) is 9.84 Å². The minimum absolute atomic E-state index is 0.144. The van der Waals surface area contributed by atoms with Crippen molar-refractivity contribution < 1.29 is 14.6 Å². The summed E-state index contributed by atoms with van der Waals surface area (Å²) in [6, 6.07) is 0. The van der Waals surface area contributed by atoms with E-state index >= 15 is 0 Å². The van der Waals surface area contributed by atoms with Crippen LogP contribution in [0.15, 0.2) is 0 Å². The molecule has 0 saturated heterocycles. The summed E-state index contributed by atoms with van der Waals surface area (Å²) in [5.41, 5.74) is 0. The maximum absolute atomic E-state index is 11.2. The Labute approximate surface area is 71.7 Å². The van der Waals surface area contributed by atoms with Crippen molar-refractivity contribution in [3.05, 3.63) is 0 Å².